The van der Waals surface area contributed by atoms with Gasteiger partial charge in [0.2, 0.25) is 5.28 Å². The van der Waals surface area contributed by atoms with Gasteiger partial charge in [0.25, 0.3) is 0 Å². The van der Waals surface area contributed by atoms with E-state index >= 15 is 0 Å². The number of nitrogens with zero attached hydrogens (tertiary/aromatic N) is 2. The first-order valence-electron chi connectivity index (χ1n) is 6.30. The molecule has 3 nitrogen and oxygen atoms in total. The van der Waals surface area contributed by atoms with E-state index in [9.17, 15) is 0 Å². The second kappa shape index (κ2) is 6.22. The summed E-state index contributed by atoms with van der Waals surface area (Å²) in [5.41, 5.74) is 0.911. The predicted molar refractivity (Wildman–Crippen MR) is 84.7 cm³/mol. The Balaban J connectivity index is 1.91. The first-order valence-corrected chi connectivity index (χ1v) is 11.3. The molecule has 0 atom stereocenters. The summed E-state index contributed by atoms with van der Waals surface area (Å²) >= 11 is 7.78. The quantitative estimate of drug-likeness (QED) is 0.576. The molecule has 2 heterocycles. The van der Waals surface area contributed by atoms with Crippen molar-refractivity contribution in [2.24, 2.45) is 0 Å². The lowest BCUT2D eigenvalue weighted by molar-refractivity contribution is 0.0874. The Labute approximate surface area is 124 Å². The maximum absolute atomic E-state index is 6.12. The van der Waals surface area contributed by atoms with Gasteiger partial charge in [0.05, 0.1) is 10.6 Å². The molecule has 2 rings (SSSR count). The van der Waals surface area contributed by atoms with Crippen molar-refractivity contribution in [1.82, 2.24) is 9.55 Å². The van der Waals surface area contributed by atoms with Crippen molar-refractivity contribution in [2.75, 3.05) is 6.61 Å². The Kier molecular flexibility index (Phi) is 4.84. The van der Waals surface area contributed by atoms with E-state index in [4.69, 9.17) is 16.3 Å². The van der Waals surface area contributed by atoms with E-state index in [0.29, 0.717) is 12.0 Å². The van der Waals surface area contributed by atoms with Crippen LogP contribution < -0.4 is 0 Å². The molecule has 2 aromatic rings. The van der Waals surface area contributed by atoms with Gasteiger partial charge in [-0.2, -0.15) is 0 Å². The lowest BCUT2D eigenvalue weighted by atomic mass is 10.4. The minimum atomic E-state index is -1.03. The summed E-state index contributed by atoms with van der Waals surface area (Å²) in [5.74, 6) is 0. The minimum absolute atomic E-state index is 0.474. The van der Waals surface area contributed by atoms with Crippen LogP contribution in [0.4, 0.5) is 0 Å². The molecule has 0 fully saturated rings. The van der Waals surface area contributed by atoms with Crippen molar-refractivity contribution in [3.8, 4) is 10.6 Å². The van der Waals surface area contributed by atoms with Gasteiger partial charge in [-0.1, -0.05) is 25.7 Å². The van der Waals surface area contributed by atoms with E-state index in [1.807, 2.05) is 28.3 Å². The average molecular weight is 315 g/mol. The van der Waals surface area contributed by atoms with Gasteiger partial charge >= 0.3 is 0 Å². The fourth-order valence-electron chi connectivity index (χ4n) is 1.57. The van der Waals surface area contributed by atoms with Gasteiger partial charge in [-0.15, -0.1) is 11.3 Å². The molecule has 0 saturated carbocycles. The topological polar surface area (TPSA) is 27.1 Å². The van der Waals surface area contributed by atoms with Crippen molar-refractivity contribution >= 4 is 31.0 Å². The van der Waals surface area contributed by atoms with Crippen LogP contribution in [0.2, 0.25) is 31.0 Å². The number of rotatable bonds is 6. The summed E-state index contributed by atoms with van der Waals surface area (Å²) in [6.45, 7) is 8.29. The van der Waals surface area contributed by atoms with Gasteiger partial charge in [0, 0.05) is 20.9 Å². The van der Waals surface area contributed by atoms with Gasteiger partial charge < -0.3 is 4.74 Å². The molecular weight excluding hydrogens is 296 g/mol. The fourth-order valence-corrected chi connectivity index (χ4v) is 3.19. The molecule has 19 heavy (non-hydrogen) atoms. The fraction of sp³-hybridized carbons (Fsp3) is 0.462. The van der Waals surface area contributed by atoms with Crippen molar-refractivity contribution in [3.63, 3.8) is 0 Å². The smallest absolute Gasteiger partial charge is 0.205 e. The zero-order valence-corrected chi connectivity index (χ0v) is 14.1. The SMILES string of the molecule is C[Si](C)(C)CCOCn1cc(-c2cccs2)nc1Cl. The van der Waals surface area contributed by atoms with Crippen molar-refractivity contribution < 1.29 is 4.74 Å². The highest BCUT2D eigenvalue weighted by Crippen LogP contribution is 2.25. The Morgan fingerprint density at radius 2 is 2.21 bits per heavy atom. The van der Waals surface area contributed by atoms with Crippen LogP contribution in [0.1, 0.15) is 0 Å². The molecule has 0 radical (unpaired) electrons. The number of hydrogen-bond acceptors (Lipinski definition) is 3. The molecular formula is C13H19ClN2OSSi. The molecule has 0 unspecified atom stereocenters. The third kappa shape index (κ3) is 4.45. The number of halogens is 1. The zero-order valence-electron chi connectivity index (χ0n) is 11.5. The van der Waals surface area contributed by atoms with Gasteiger partial charge in [0.1, 0.15) is 6.73 Å². The molecule has 0 aliphatic heterocycles. The van der Waals surface area contributed by atoms with Crippen LogP contribution in [0.25, 0.3) is 10.6 Å². The highest BCUT2D eigenvalue weighted by atomic mass is 35.5. The van der Waals surface area contributed by atoms with Crippen LogP contribution >= 0.6 is 22.9 Å². The number of aromatic nitrogens is 2. The average Bonchev–Trinajstić information content (AvgIpc) is 2.92. The Hall–Kier alpha value is -0.623. The number of thiophene rings is 1. The molecule has 0 saturated heterocycles. The van der Waals surface area contributed by atoms with Crippen LogP contribution in [0.15, 0.2) is 23.7 Å². The minimum Gasteiger partial charge on any atom is -0.361 e. The second-order valence-corrected chi connectivity index (χ2v) is 12.6. The Morgan fingerprint density at radius 1 is 1.42 bits per heavy atom. The summed E-state index contributed by atoms with van der Waals surface area (Å²) in [4.78, 5) is 5.48. The Morgan fingerprint density at radius 3 is 2.84 bits per heavy atom. The summed E-state index contributed by atoms with van der Waals surface area (Å²) < 4.78 is 7.53. The molecule has 0 aromatic carbocycles. The summed E-state index contributed by atoms with van der Waals surface area (Å²) in [6.07, 6.45) is 1.95. The second-order valence-electron chi connectivity index (χ2n) is 5.69. The normalized spacial score (nSPS) is 12.0. The maximum atomic E-state index is 6.12. The third-order valence-corrected chi connectivity index (χ3v) is 5.63. The monoisotopic (exact) mass is 314 g/mol. The lowest BCUT2D eigenvalue weighted by Gasteiger charge is -2.15. The third-order valence-electron chi connectivity index (χ3n) is 2.73. The summed E-state index contributed by atoms with van der Waals surface area (Å²) in [5, 5.41) is 2.52. The standard InChI is InChI=1S/C13H19ClN2OSSi/c1-19(2,3)8-6-17-10-16-9-11(15-13(16)14)12-5-4-7-18-12/h4-5,7,9H,6,8,10H2,1-3H3. The summed E-state index contributed by atoms with van der Waals surface area (Å²) in [6, 6.07) is 5.22. The molecule has 0 bridgehead atoms. The molecule has 0 spiro atoms. The molecule has 0 amide bonds. The first kappa shape index (κ1) is 14.8. The number of hydrogen-bond donors (Lipinski definition) is 0. The van der Waals surface area contributed by atoms with Gasteiger partial charge in [0.15, 0.2) is 0 Å². The molecule has 2 aromatic heterocycles. The maximum Gasteiger partial charge on any atom is 0.205 e. The molecule has 0 aliphatic rings. The van der Waals surface area contributed by atoms with E-state index in [2.05, 4.69) is 24.6 Å². The number of ether oxygens (including phenoxy) is 1. The van der Waals surface area contributed by atoms with Crippen molar-refractivity contribution in [1.29, 1.82) is 0 Å². The van der Waals surface area contributed by atoms with Crippen molar-refractivity contribution in [3.05, 3.63) is 29.0 Å². The number of imidazole rings is 1. The van der Waals surface area contributed by atoms with Gasteiger partial charge in [-0.05, 0) is 29.1 Å². The van der Waals surface area contributed by atoms with Crippen molar-refractivity contribution in [2.45, 2.75) is 32.4 Å². The largest absolute Gasteiger partial charge is 0.361 e. The molecule has 6 heteroatoms. The predicted octanol–water partition coefficient (Wildman–Crippen LogP) is 4.58. The van der Waals surface area contributed by atoms with Crippen LogP contribution in [-0.4, -0.2) is 24.2 Å². The highest BCUT2D eigenvalue weighted by molar-refractivity contribution is 7.13. The van der Waals surface area contributed by atoms with E-state index in [1.165, 1.54) is 0 Å². The molecule has 0 aliphatic carbocycles. The highest BCUT2D eigenvalue weighted by Gasteiger charge is 2.13. The lowest BCUT2D eigenvalue weighted by Crippen LogP contribution is -2.22. The van der Waals surface area contributed by atoms with Crippen LogP contribution in [0.5, 0.6) is 0 Å². The van der Waals surface area contributed by atoms with E-state index in [-0.39, 0.29) is 0 Å². The van der Waals surface area contributed by atoms with E-state index < -0.39 is 8.07 Å². The molecule has 0 N–H and O–H groups in total. The molecule has 104 valence electrons. The van der Waals surface area contributed by atoms with E-state index in [0.717, 1.165) is 23.2 Å². The van der Waals surface area contributed by atoms with Crippen LogP contribution in [0, 0.1) is 0 Å². The van der Waals surface area contributed by atoms with Gasteiger partial charge in [-0.25, -0.2) is 4.98 Å². The zero-order chi connectivity index (χ0) is 13.9. The van der Waals surface area contributed by atoms with E-state index in [1.54, 1.807) is 11.3 Å². The first-order chi connectivity index (χ1) is 8.96. The summed E-state index contributed by atoms with van der Waals surface area (Å²) in [7, 11) is -1.03. The van der Waals surface area contributed by atoms with Crippen LogP contribution in [0.3, 0.4) is 0 Å². The van der Waals surface area contributed by atoms with Gasteiger partial charge in [-0.3, -0.25) is 4.57 Å². The Bertz CT molecular complexity index is 519. The van der Waals surface area contributed by atoms with Crippen LogP contribution in [-0.2, 0) is 11.5 Å².